The highest BCUT2D eigenvalue weighted by Gasteiger charge is 2.09. The maximum absolute atomic E-state index is 11.5. The Kier molecular flexibility index (Phi) is 11.3. The molecule has 0 spiro atoms. The Morgan fingerprint density at radius 2 is 1.89 bits per heavy atom. The van der Waals surface area contributed by atoms with Crippen molar-refractivity contribution in [1.29, 1.82) is 0 Å². The van der Waals surface area contributed by atoms with Crippen LogP contribution in [0.2, 0.25) is 0 Å². The zero-order valence-corrected chi connectivity index (χ0v) is 12.5. The second kappa shape index (κ2) is 12.0. The lowest BCUT2D eigenvalue weighted by Crippen LogP contribution is -2.22. The van der Waals surface area contributed by atoms with Gasteiger partial charge in [0.25, 0.3) is 0 Å². The molecule has 0 aliphatic carbocycles. The summed E-state index contributed by atoms with van der Waals surface area (Å²) in [5, 5.41) is 0. The molecule has 0 aliphatic heterocycles. The van der Waals surface area contributed by atoms with Crippen LogP contribution in [0, 0.1) is 0 Å². The summed E-state index contributed by atoms with van der Waals surface area (Å²) >= 11 is 0. The van der Waals surface area contributed by atoms with Crippen LogP contribution in [0.15, 0.2) is 17.9 Å². The Hall–Kier alpha value is -1.05. The maximum Gasteiger partial charge on any atom is 0.305 e. The first-order valence-electron chi connectivity index (χ1n) is 7.39. The van der Waals surface area contributed by atoms with Gasteiger partial charge in [0.05, 0.1) is 6.61 Å². The van der Waals surface area contributed by atoms with Crippen molar-refractivity contribution in [3.63, 3.8) is 0 Å². The predicted molar refractivity (Wildman–Crippen MR) is 79.9 cm³/mol. The van der Waals surface area contributed by atoms with Gasteiger partial charge >= 0.3 is 5.97 Å². The Balaban J connectivity index is 3.47. The third kappa shape index (κ3) is 10.5. The van der Waals surface area contributed by atoms with Gasteiger partial charge in [-0.05, 0) is 25.3 Å². The molecular weight excluding hydrogens is 238 g/mol. The summed E-state index contributed by atoms with van der Waals surface area (Å²) < 4.78 is 5.17. The summed E-state index contributed by atoms with van der Waals surface area (Å²) in [6.45, 7) is 8.16. The molecule has 3 heteroatoms. The van der Waals surface area contributed by atoms with Crippen LogP contribution in [0.4, 0.5) is 0 Å². The molecule has 110 valence electrons. The van der Waals surface area contributed by atoms with E-state index in [0.717, 1.165) is 18.4 Å². The maximum atomic E-state index is 11.5. The fourth-order valence-corrected chi connectivity index (χ4v) is 1.76. The van der Waals surface area contributed by atoms with E-state index in [2.05, 4.69) is 19.2 Å². The molecule has 0 aromatic heterocycles. The fourth-order valence-electron chi connectivity index (χ4n) is 1.76. The highest BCUT2D eigenvalue weighted by molar-refractivity contribution is 5.69. The zero-order chi connectivity index (χ0) is 14.5. The topological polar surface area (TPSA) is 52.3 Å². The molecule has 1 atom stereocenters. The molecule has 0 aromatic rings. The van der Waals surface area contributed by atoms with Gasteiger partial charge in [-0.2, -0.15) is 0 Å². The number of nitrogens with two attached hydrogens (primary N) is 1. The van der Waals surface area contributed by atoms with Crippen LogP contribution < -0.4 is 5.73 Å². The van der Waals surface area contributed by atoms with Gasteiger partial charge in [0.1, 0.15) is 0 Å². The number of hydrogen-bond acceptors (Lipinski definition) is 3. The standard InChI is InChI=1S/C16H29NO2/c1-4-6-7-8-9-10-13-19-16(18)12-11-15(17)14(3)5-2/h15H,2,4,6-13,17H2,1,3H3. The van der Waals surface area contributed by atoms with Crippen molar-refractivity contribution in [2.24, 2.45) is 5.73 Å². The first-order chi connectivity index (χ1) is 9.11. The highest BCUT2D eigenvalue weighted by atomic mass is 16.5. The molecular formula is C16H29NO2. The molecule has 1 unspecified atom stereocenters. The second-order valence-corrected chi connectivity index (χ2v) is 4.99. The SMILES string of the molecule is C=C=C(C)C(N)CCC(=O)OCCCCCCCC. The number of unbranched alkanes of at least 4 members (excludes halogenated alkanes) is 5. The van der Waals surface area contributed by atoms with Gasteiger partial charge in [-0.15, -0.1) is 5.73 Å². The molecule has 0 aromatic carbocycles. The lowest BCUT2D eigenvalue weighted by atomic mass is 10.1. The minimum atomic E-state index is -0.152. The van der Waals surface area contributed by atoms with E-state index in [0.29, 0.717) is 19.4 Å². The van der Waals surface area contributed by atoms with Crippen molar-refractivity contribution in [3.8, 4) is 0 Å². The van der Waals surface area contributed by atoms with Crippen LogP contribution in [-0.2, 0) is 9.53 Å². The lowest BCUT2D eigenvalue weighted by Gasteiger charge is -2.10. The van der Waals surface area contributed by atoms with Crippen LogP contribution in [0.1, 0.15) is 65.2 Å². The third-order valence-electron chi connectivity index (χ3n) is 3.26. The quantitative estimate of drug-likeness (QED) is 0.352. The minimum Gasteiger partial charge on any atom is -0.466 e. The number of rotatable bonds is 11. The van der Waals surface area contributed by atoms with Crippen LogP contribution in [-0.4, -0.2) is 18.6 Å². The number of esters is 1. The molecule has 0 heterocycles. The molecule has 2 N–H and O–H groups in total. The van der Waals surface area contributed by atoms with Crippen LogP contribution >= 0.6 is 0 Å². The van der Waals surface area contributed by atoms with Crippen LogP contribution in [0.5, 0.6) is 0 Å². The molecule has 0 rings (SSSR count). The van der Waals surface area contributed by atoms with E-state index in [1.165, 1.54) is 25.7 Å². The normalized spacial score (nSPS) is 11.7. The van der Waals surface area contributed by atoms with E-state index in [1.807, 2.05) is 6.92 Å². The van der Waals surface area contributed by atoms with E-state index in [4.69, 9.17) is 10.5 Å². The highest BCUT2D eigenvalue weighted by Crippen LogP contribution is 2.07. The Morgan fingerprint density at radius 3 is 2.53 bits per heavy atom. The summed E-state index contributed by atoms with van der Waals surface area (Å²) in [6.07, 6.45) is 8.16. The lowest BCUT2D eigenvalue weighted by molar-refractivity contribution is -0.143. The molecule has 0 aliphatic rings. The van der Waals surface area contributed by atoms with Crippen molar-refractivity contribution in [2.75, 3.05) is 6.61 Å². The number of carbonyl (C=O) groups is 1. The average molecular weight is 267 g/mol. The second-order valence-electron chi connectivity index (χ2n) is 4.99. The van der Waals surface area contributed by atoms with Gasteiger partial charge in [-0.1, -0.05) is 45.6 Å². The zero-order valence-electron chi connectivity index (χ0n) is 12.5. The van der Waals surface area contributed by atoms with E-state index in [9.17, 15) is 4.79 Å². The molecule has 0 radical (unpaired) electrons. The van der Waals surface area contributed by atoms with E-state index < -0.39 is 0 Å². The van der Waals surface area contributed by atoms with Gasteiger partial charge in [-0.3, -0.25) is 4.79 Å². The van der Waals surface area contributed by atoms with Crippen molar-refractivity contribution in [3.05, 3.63) is 17.9 Å². The first-order valence-corrected chi connectivity index (χ1v) is 7.39. The molecule has 0 fully saturated rings. The monoisotopic (exact) mass is 267 g/mol. The van der Waals surface area contributed by atoms with Crippen molar-refractivity contribution in [2.45, 2.75) is 71.3 Å². The first kappa shape index (κ1) is 17.9. The molecule has 0 saturated heterocycles. The van der Waals surface area contributed by atoms with Gasteiger partial charge < -0.3 is 10.5 Å². The van der Waals surface area contributed by atoms with E-state index in [1.54, 1.807) is 0 Å². The molecule has 0 saturated carbocycles. The smallest absolute Gasteiger partial charge is 0.305 e. The Morgan fingerprint density at radius 1 is 1.26 bits per heavy atom. The summed E-state index contributed by atoms with van der Waals surface area (Å²) in [7, 11) is 0. The Bertz CT molecular complexity index is 293. The molecule has 0 bridgehead atoms. The van der Waals surface area contributed by atoms with Gasteiger partial charge in [-0.25, -0.2) is 0 Å². The van der Waals surface area contributed by atoms with Crippen molar-refractivity contribution >= 4 is 5.97 Å². The van der Waals surface area contributed by atoms with E-state index >= 15 is 0 Å². The third-order valence-corrected chi connectivity index (χ3v) is 3.26. The predicted octanol–water partition coefficient (Wildman–Crippen LogP) is 3.73. The van der Waals surface area contributed by atoms with E-state index in [-0.39, 0.29) is 12.0 Å². The number of hydrogen-bond donors (Lipinski definition) is 1. The van der Waals surface area contributed by atoms with Crippen molar-refractivity contribution < 1.29 is 9.53 Å². The number of ether oxygens (including phenoxy) is 1. The Labute approximate surface area is 117 Å². The summed E-state index contributed by atoms with van der Waals surface area (Å²) in [5.41, 5.74) is 9.50. The molecule has 3 nitrogen and oxygen atoms in total. The molecule has 19 heavy (non-hydrogen) atoms. The summed E-state index contributed by atoms with van der Waals surface area (Å²) in [5.74, 6) is -0.152. The largest absolute Gasteiger partial charge is 0.466 e. The van der Waals surface area contributed by atoms with Gasteiger partial charge in [0, 0.05) is 12.5 Å². The number of carbonyl (C=O) groups excluding carboxylic acids is 1. The molecule has 0 amide bonds. The van der Waals surface area contributed by atoms with Crippen LogP contribution in [0.25, 0.3) is 0 Å². The summed E-state index contributed by atoms with van der Waals surface area (Å²) in [4.78, 5) is 11.5. The van der Waals surface area contributed by atoms with Gasteiger partial charge in [0.15, 0.2) is 0 Å². The minimum absolute atomic E-state index is 0.140. The van der Waals surface area contributed by atoms with Crippen molar-refractivity contribution in [1.82, 2.24) is 0 Å². The summed E-state index contributed by atoms with van der Waals surface area (Å²) in [6, 6.07) is -0.140. The average Bonchev–Trinajstić information content (AvgIpc) is 2.42. The van der Waals surface area contributed by atoms with Crippen LogP contribution in [0.3, 0.4) is 0 Å². The van der Waals surface area contributed by atoms with Gasteiger partial charge in [0.2, 0.25) is 0 Å². The fraction of sp³-hybridized carbons (Fsp3) is 0.750.